The Balaban J connectivity index is 1.69. The molecule has 0 saturated carbocycles. The summed E-state index contributed by atoms with van der Waals surface area (Å²) in [4.78, 5) is 6.63. The van der Waals surface area contributed by atoms with Crippen molar-refractivity contribution < 1.29 is 13.5 Å². The average Bonchev–Trinajstić information content (AvgIpc) is 3.21. The summed E-state index contributed by atoms with van der Waals surface area (Å²) in [5.41, 5.74) is 1.91. The number of benzene rings is 2. The molecule has 0 aliphatic heterocycles. The third kappa shape index (κ3) is 5.76. The molecule has 30 heavy (non-hydrogen) atoms. The summed E-state index contributed by atoms with van der Waals surface area (Å²) in [5, 5.41) is 11.5. The molecule has 0 amide bonds. The minimum absolute atomic E-state index is 0.136. The van der Waals surface area contributed by atoms with Crippen LogP contribution in [0.2, 0.25) is 0 Å². The van der Waals surface area contributed by atoms with Gasteiger partial charge in [-0.25, -0.2) is 4.99 Å². The summed E-state index contributed by atoms with van der Waals surface area (Å²) >= 11 is 0. The summed E-state index contributed by atoms with van der Waals surface area (Å²) < 4.78 is 30.9. The molecular weight excluding hydrogens is 390 g/mol. The van der Waals surface area contributed by atoms with Gasteiger partial charge in [-0.3, -0.25) is 4.57 Å². The lowest BCUT2D eigenvalue weighted by atomic mass is 10.2. The lowest BCUT2D eigenvalue weighted by Crippen LogP contribution is -2.38. The first-order valence-corrected chi connectivity index (χ1v) is 9.54. The Kier molecular flexibility index (Phi) is 7.31. The lowest BCUT2D eigenvalue weighted by Gasteiger charge is -2.22. The van der Waals surface area contributed by atoms with E-state index in [4.69, 9.17) is 0 Å². The zero-order valence-corrected chi connectivity index (χ0v) is 16.9. The standard InChI is InChI=1S/C21H24F2N6O/c1-3-24-21(28(2)14-16-9-11-18(12-10-16)30-20(22)23)25-13-19-27-26-15-29(19)17-7-5-4-6-8-17/h4-12,15,20H,3,13-14H2,1-2H3,(H,24,25). The molecule has 0 radical (unpaired) electrons. The maximum atomic E-state index is 12.3. The van der Waals surface area contributed by atoms with E-state index in [9.17, 15) is 8.78 Å². The van der Waals surface area contributed by atoms with Crippen LogP contribution < -0.4 is 10.1 Å². The largest absolute Gasteiger partial charge is 0.435 e. The van der Waals surface area contributed by atoms with Crippen LogP contribution in [0, 0.1) is 0 Å². The maximum absolute atomic E-state index is 12.3. The van der Waals surface area contributed by atoms with E-state index in [1.807, 2.05) is 53.8 Å². The fourth-order valence-corrected chi connectivity index (χ4v) is 2.91. The van der Waals surface area contributed by atoms with Gasteiger partial charge in [0, 0.05) is 25.8 Å². The molecule has 3 aromatic rings. The van der Waals surface area contributed by atoms with Crippen LogP contribution >= 0.6 is 0 Å². The van der Waals surface area contributed by atoms with E-state index < -0.39 is 6.61 Å². The number of guanidine groups is 1. The number of hydrogen-bond donors (Lipinski definition) is 1. The molecule has 0 atom stereocenters. The van der Waals surface area contributed by atoms with Crippen LogP contribution in [0.3, 0.4) is 0 Å². The fraction of sp³-hybridized carbons (Fsp3) is 0.286. The second-order valence-corrected chi connectivity index (χ2v) is 6.50. The molecule has 3 rings (SSSR count). The summed E-state index contributed by atoms with van der Waals surface area (Å²) in [6.45, 7) is 0.764. The molecule has 1 aromatic heterocycles. The third-order valence-corrected chi connectivity index (χ3v) is 4.29. The number of aromatic nitrogens is 3. The van der Waals surface area contributed by atoms with Crippen molar-refractivity contribution in [2.75, 3.05) is 13.6 Å². The first-order chi connectivity index (χ1) is 14.6. The molecule has 158 valence electrons. The van der Waals surface area contributed by atoms with Gasteiger partial charge in [0.25, 0.3) is 0 Å². The summed E-state index contributed by atoms with van der Waals surface area (Å²) in [6, 6.07) is 16.4. The minimum Gasteiger partial charge on any atom is -0.435 e. The number of para-hydroxylation sites is 1. The third-order valence-electron chi connectivity index (χ3n) is 4.29. The normalized spacial score (nSPS) is 11.6. The zero-order chi connectivity index (χ0) is 21.3. The van der Waals surface area contributed by atoms with E-state index in [1.165, 1.54) is 12.1 Å². The van der Waals surface area contributed by atoms with Gasteiger partial charge in [0.2, 0.25) is 0 Å². The molecule has 9 heteroatoms. The van der Waals surface area contributed by atoms with Crippen LogP contribution in [-0.4, -0.2) is 45.8 Å². The highest BCUT2D eigenvalue weighted by atomic mass is 19.3. The molecule has 0 saturated heterocycles. The summed E-state index contributed by atoms with van der Waals surface area (Å²) in [7, 11) is 1.91. The van der Waals surface area contributed by atoms with Gasteiger partial charge in [-0.2, -0.15) is 8.78 Å². The van der Waals surface area contributed by atoms with Gasteiger partial charge < -0.3 is 15.0 Å². The Hall–Kier alpha value is -3.49. The number of nitrogens with zero attached hydrogens (tertiary/aromatic N) is 5. The van der Waals surface area contributed by atoms with Crippen LogP contribution in [0.5, 0.6) is 5.75 Å². The van der Waals surface area contributed by atoms with Crippen molar-refractivity contribution in [1.82, 2.24) is 25.0 Å². The van der Waals surface area contributed by atoms with Crippen LogP contribution in [0.15, 0.2) is 65.9 Å². The van der Waals surface area contributed by atoms with Gasteiger partial charge in [-0.1, -0.05) is 30.3 Å². The van der Waals surface area contributed by atoms with Crippen LogP contribution in [-0.2, 0) is 13.1 Å². The molecule has 0 unspecified atom stereocenters. The molecule has 7 nitrogen and oxygen atoms in total. The molecule has 0 bridgehead atoms. The number of rotatable bonds is 8. The van der Waals surface area contributed by atoms with Gasteiger partial charge in [-0.05, 0) is 36.8 Å². The highest BCUT2D eigenvalue weighted by Crippen LogP contribution is 2.16. The number of alkyl halides is 2. The molecule has 0 aliphatic rings. The smallest absolute Gasteiger partial charge is 0.387 e. The maximum Gasteiger partial charge on any atom is 0.387 e. The van der Waals surface area contributed by atoms with Crippen molar-refractivity contribution in [3.8, 4) is 11.4 Å². The number of ether oxygens (including phenoxy) is 1. The lowest BCUT2D eigenvalue weighted by molar-refractivity contribution is -0.0498. The zero-order valence-electron chi connectivity index (χ0n) is 16.9. The highest BCUT2D eigenvalue weighted by molar-refractivity contribution is 5.79. The fourth-order valence-electron chi connectivity index (χ4n) is 2.91. The van der Waals surface area contributed by atoms with Gasteiger partial charge in [0.15, 0.2) is 11.8 Å². The predicted octanol–water partition coefficient (Wildman–Crippen LogP) is 3.47. The van der Waals surface area contributed by atoms with E-state index in [2.05, 4.69) is 25.2 Å². The van der Waals surface area contributed by atoms with E-state index in [1.54, 1.807) is 18.5 Å². The van der Waals surface area contributed by atoms with E-state index >= 15 is 0 Å². The Morgan fingerprint density at radius 1 is 1.17 bits per heavy atom. The van der Waals surface area contributed by atoms with Crippen molar-refractivity contribution >= 4 is 5.96 Å². The van der Waals surface area contributed by atoms with Gasteiger partial charge in [0.1, 0.15) is 18.6 Å². The topological polar surface area (TPSA) is 67.6 Å². The Morgan fingerprint density at radius 3 is 2.57 bits per heavy atom. The van der Waals surface area contributed by atoms with E-state index in [0.29, 0.717) is 25.6 Å². The van der Waals surface area contributed by atoms with Crippen LogP contribution in [0.1, 0.15) is 18.3 Å². The second-order valence-electron chi connectivity index (χ2n) is 6.50. The predicted molar refractivity (Wildman–Crippen MR) is 111 cm³/mol. The summed E-state index contributed by atoms with van der Waals surface area (Å²) in [6.07, 6.45) is 1.67. The molecule has 0 fully saturated rings. The molecule has 0 aliphatic carbocycles. The van der Waals surface area contributed by atoms with E-state index in [-0.39, 0.29) is 5.75 Å². The summed E-state index contributed by atoms with van der Waals surface area (Å²) in [5.74, 6) is 1.56. The molecule has 1 heterocycles. The van der Waals surface area contributed by atoms with Crippen molar-refractivity contribution in [2.45, 2.75) is 26.6 Å². The SMILES string of the molecule is CCNC(=NCc1nncn1-c1ccccc1)N(C)Cc1ccc(OC(F)F)cc1. The van der Waals surface area contributed by atoms with Gasteiger partial charge in [0.05, 0.1) is 0 Å². The average molecular weight is 414 g/mol. The van der Waals surface area contributed by atoms with Gasteiger partial charge >= 0.3 is 6.61 Å². The molecular formula is C21H24F2N6O. The Labute approximate surface area is 174 Å². The number of halogens is 2. The molecule has 1 N–H and O–H groups in total. The highest BCUT2D eigenvalue weighted by Gasteiger charge is 2.10. The number of hydrogen-bond acceptors (Lipinski definition) is 4. The Morgan fingerprint density at radius 2 is 1.90 bits per heavy atom. The minimum atomic E-state index is -2.83. The van der Waals surface area contributed by atoms with Crippen molar-refractivity contribution in [3.63, 3.8) is 0 Å². The van der Waals surface area contributed by atoms with Crippen LogP contribution in [0.25, 0.3) is 5.69 Å². The number of aliphatic imine (C=N–C) groups is 1. The second kappa shape index (κ2) is 10.3. The molecule has 0 spiro atoms. The van der Waals surface area contributed by atoms with Crippen molar-refractivity contribution in [3.05, 3.63) is 72.3 Å². The number of nitrogens with one attached hydrogen (secondary N) is 1. The Bertz CT molecular complexity index is 944. The quantitative estimate of drug-likeness (QED) is 0.452. The van der Waals surface area contributed by atoms with Crippen molar-refractivity contribution in [2.24, 2.45) is 4.99 Å². The van der Waals surface area contributed by atoms with Crippen molar-refractivity contribution in [1.29, 1.82) is 0 Å². The van der Waals surface area contributed by atoms with E-state index in [0.717, 1.165) is 17.1 Å². The first kappa shape index (κ1) is 21.2. The monoisotopic (exact) mass is 414 g/mol. The first-order valence-electron chi connectivity index (χ1n) is 9.54. The molecule has 2 aromatic carbocycles. The van der Waals surface area contributed by atoms with Gasteiger partial charge in [-0.15, -0.1) is 10.2 Å². The van der Waals surface area contributed by atoms with Crippen LogP contribution in [0.4, 0.5) is 8.78 Å².